The third-order valence-electron chi connectivity index (χ3n) is 5.93. The van der Waals surface area contributed by atoms with Crippen LogP contribution in [0.25, 0.3) is 10.4 Å². The minimum absolute atomic E-state index is 0.0372. The van der Waals surface area contributed by atoms with Gasteiger partial charge in [-0.25, -0.2) is 4.79 Å². The summed E-state index contributed by atoms with van der Waals surface area (Å²) in [5.41, 5.74) is 12.6. The van der Waals surface area contributed by atoms with Gasteiger partial charge in [-0.15, -0.1) is 11.3 Å². The van der Waals surface area contributed by atoms with Crippen molar-refractivity contribution in [3.8, 4) is 10.4 Å². The van der Waals surface area contributed by atoms with Crippen LogP contribution in [0.1, 0.15) is 61.9 Å². The van der Waals surface area contributed by atoms with Crippen LogP contribution < -0.4 is 22.1 Å². The number of ether oxygens (including phenoxy) is 1. The lowest BCUT2D eigenvalue weighted by Gasteiger charge is -2.22. The monoisotopic (exact) mass is 520 g/mol. The van der Waals surface area contributed by atoms with Crippen molar-refractivity contribution in [3.63, 3.8) is 0 Å². The number of primary amides is 2. The predicted molar refractivity (Wildman–Crippen MR) is 140 cm³/mol. The molecule has 0 radical (unpaired) electrons. The summed E-state index contributed by atoms with van der Waals surface area (Å²) < 4.78 is 5.74. The Labute approximate surface area is 214 Å². The van der Waals surface area contributed by atoms with Crippen LogP contribution in [0.15, 0.2) is 24.3 Å². The van der Waals surface area contributed by atoms with Gasteiger partial charge in [0.2, 0.25) is 0 Å². The molecule has 0 saturated heterocycles. The highest BCUT2D eigenvalue weighted by molar-refractivity contribution is 7.20. The topological polar surface area (TPSA) is 137 Å². The molecule has 190 valence electrons. The highest BCUT2D eigenvalue weighted by Crippen LogP contribution is 2.36. The highest BCUT2D eigenvalue weighted by Gasteiger charge is 2.26. The SMILES string of the molecule is CC(C)C[C@H](NCCc1cc(-c2cc(C(N)=O)c(NC(N)=O)s2)ccc1Cl)C(=O)OC1CCCC1. The number of amides is 3. The van der Waals surface area contributed by atoms with Gasteiger partial charge in [0, 0.05) is 16.4 Å². The van der Waals surface area contributed by atoms with Gasteiger partial charge in [0.15, 0.2) is 0 Å². The Balaban J connectivity index is 1.70. The molecule has 1 saturated carbocycles. The van der Waals surface area contributed by atoms with E-state index >= 15 is 0 Å². The number of urea groups is 1. The zero-order valence-corrected chi connectivity index (χ0v) is 21.6. The lowest BCUT2D eigenvalue weighted by Crippen LogP contribution is -2.41. The van der Waals surface area contributed by atoms with E-state index in [1.807, 2.05) is 12.1 Å². The molecule has 2 aromatic rings. The first-order valence-corrected chi connectivity index (χ1v) is 13.1. The Kier molecular flexibility index (Phi) is 9.54. The number of nitrogens with two attached hydrogens (primary N) is 2. The summed E-state index contributed by atoms with van der Waals surface area (Å²) in [7, 11) is 0. The summed E-state index contributed by atoms with van der Waals surface area (Å²) in [5, 5.41) is 6.71. The number of hydrogen-bond acceptors (Lipinski definition) is 6. The third kappa shape index (κ3) is 7.68. The lowest BCUT2D eigenvalue weighted by molar-refractivity contribution is -0.151. The Morgan fingerprint density at radius 2 is 1.89 bits per heavy atom. The van der Waals surface area contributed by atoms with E-state index in [9.17, 15) is 14.4 Å². The molecule has 8 nitrogen and oxygen atoms in total. The van der Waals surface area contributed by atoms with Gasteiger partial charge in [0.1, 0.15) is 17.1 Å². The molecule has 1 atom stereocenters. The fourth-order valence-electron chi connectivity index (χ4n) is 4.21. The molecule has 1 fully saturated rings. The van der Waals surface area contributed by atoms with E-state index in [1.54, 1.807) is 12.1 Å². The summed E-state index contributed by atoms with van der Waals surface area (Å²) in [6.45, 7) is 4.72. The van der Waals surface area contributed by atoms with Crippen LogP contribution in [-0.2, 0) is 16.0 Å². The van der Waals surface area contributed by atoms with Crippen molar-refractivity contribution in [2.75, 3.05) is 11.9 Å². The first kappa shape index (κ1) is 27.0. The van der Waals surface area contributed by atoms with E-state index in [1.165, 1.54) is 11.3 Å². The van der Waals surface area contributed by atoms with E-state index < -0.39 is 11.9 Å². The van der Waals surface area contributed by atoms with Gasteiger partial charge in [0.25, 0.3) is 5.91 Å². The van der Waals surface area contributed by atoms with E-state index in [0.717, 1.165) is 41.7 Å². The van der Waals surface area contributed by atoms with Crippen molar-refractivity contribution < 1.29 is 19.1 Å². The minimum atomic E-state index is -0.772. The van der Waals surface area contributed by atoms with E-state index in [4.69, 9.17) is 27.8 Å². The van der Waals surface area contributed by atoms with Gasteiger partial charge in [-0.05, 0) is 73.8 Å². The predicted octanol–water partition coefficient (Wildman–Crippen LogP) is 4.69. The van der Waals surface area contributed by atoms with Crippen molar-refractivity contribution in [2.24, 2.45) is 17.4 Å². The van der Waals surface area contributed by atoms with Crippen LogP contribution in [-0.4, -0.2) is 36.6 Å². The Morgan fingerprint density at radius 1 is 1.17 bits per heavy atom. The minimum Gasteiger partial charge on any atom is -0.461 e. The van der Waals surface area contributed by atoms with Crippen molar-refractivity contribution in [3.05, 3.63) is 40.4 Å². The quantitative estimate of drug-likeness (QED) is 0.318. The summed E-state index contributed by atoms with van der Waals surface area (Å²) >= 11 is 7.66. The van der Waals surface area contributed by atoms with Gasteiger partial charge >= 0.3 is 12.0 Å². The first-order valence-electron chi connectivity index (χ1n) is 11.9. The smallest absolute Gasteiger partial charge is 0.323 e. The van der Waals surface area contributed by atoms with Crippen LogP contribution in [0.2, 0.25) is 5.02 Å². The van der Waals surface area contributed by atoms with Crippen LogP contribution in [0.3, 0.4) is 0 Å². The summed E-state index contributed by atoms with van der Waals surface area (Å²) in [6.07, 6.45) is 5.44. The van der Waals surface area contributed by atoms with Gasteiger partial charge in [-0.2, -0.15) is 0 Å². The van der Waals surface area contributed by atoms with Crippen LogP contribution in [0, 0.1) is 5.92 Å². The maximum absolute atomic E-state index is 12.8. The number of nitrogens with one attached hydrogen (secondary N) is 2. The number of carbonyl (C=O) groups is 3. The fourth-order valence-corrected chi connectivity index (χ4v) is 5.48. The molecule has 0 unspecified atom stereocenters. The van der Waals surface area contributed by atoms with Crippen LogP contribution in [0.5, 0.6) is 0 Å². The molecule has 1 aliphatic rings. The molecule has 0 spiro atoms. The van der Waals surface area contributed by atoms with Crippen molar-refractivity contribution in [1.29, 1.82) is 0 Å². The summed E-state index contributed by atoms with van der Waals surface area (Å²) in [4.78, 5) is 36.6. The average Bonchev–Trinajstić information content (AvgIpc) is 3.43. The number of esters is 1. The zero-order valence-electron chi connectivity index (χ0n) is 20.1. The average molecular weight is 521 g/mol. The van der Waals surface area contributed by atoms with E-state index in [0.29, 0.717) is 35.3 Å². The fraction of sp³-hybridized carbons (Fsp3) is 0.480. The molecule has 10 heteroatoms. The zero-order chi connectivity index (χ0) is 25.5. The van der Waals surface area contributed by atoms with Crippen molar-refractivity contribution in [1.82, 2.24) is 5.32 Å². The summed E-state index contributed by atoms with van der Waals surface area (Å²) in [6, 6.07) is 6.05. The van der Waals surface area contributed by atoms with Gasteiger partial charge in [-0.3, -0.25) is 14.9 Å². The molecule has 1 aromatic heterocycles. The number of rotatable bonds is 11. The number of anilines is 1. The van der Waals surface area contributed by atoms with Crippen LogP contribution in [0.4, 0.5) is 9.80 Å². The largest absolute Gasteiger partial charge is 0.461 e. The number of thiophene rings is 1. The number of benzene rings is 1. The first-order chi connectivity index (χ1) is 16.6. The molecular weight excluding hydrogens is 488 g/mol. The number of hydrogen-bond donors (Lipinski definition) is 4. The maximum atomic E-state index is 12.8. The molecule has 3 rings (SSSR count). The standard InChI is InChI=1S/C25H33ClN4O4S/c1-14(2)11-20(24(32)34-17-5-3-4-6-17)29-10-9-15-12-16(7-8-19(15)26)21-13-18(22(27)31)23(35-21)30-25(28)33/h7-8,12-14,17,20,29H,3-6,9-11H2,1-2H3,(H2,27,31)(H3,28,30,33)/t20-/m0/s1. The van der Waals surface area contributed by atoms with Crippen LogP contribution >= 0.6 is 22.9 Å². The second kappa shape index (κ2) is 12.4. The molecule has 3 amide bonds. The Morgan fingerprint density at radius 3 is 2.51 bits per heavy atom. The number of carbonyl (C=O) groups excluding carboxylic acids is 3. The Bertz CT molecular complexity index is 1070. The van der Waals surface area contributed by atoms with Crippen molar-refractivity contribution >= 4 is 45.8 Å². The number of halogens is 1. The van der Waals surface area contributed by atoms with Gasteiger partial charge in [0.05, 0.1) is 5.56 Å². The highest BCUT2D eigenvalue weighted by atomic mass is 35.5. The van der Waals surface area contributed by atoms with Crippen molar-refractivity contribution in [2.45, 2.75) is 64.5 Å². The summed E-state index contributed by atoms with van der Waals surface area (Å²) in [5.74, 6) is -0.496. The molecule has 1 heterocycles. The van der Waals surface area contributed by atoms with Gasteiger partial charge in [-0.1, -0.05) is 31.5 Å². The third-order valence-corrected chi connectivity index (χ3v) is 7.39. The van der Waals surface area contributed by atoms with E-state index in [2.05, 4.69) is 24.5 Å². The molecular formula is C25H33ClN4O4S. The maximum Gasteiger partial charge on any atom is 0.323 e. The molecule has 6 N–H and O–H groups in total. The molecule has 0 bridgehead atoms. The van der Waals surface area contributed by atoms with Gasteiger partial charge < -0.3 is 21.5 Å². The Hall–Kier alpha value is -2.62. The second-order valence-corrected chi connectivity index (χ2v) is 10.7. The molecule has 0 aliphatic heterocycles. The molecule has 1 aromatic carbocycles. The molecule has 35 heavy (non-hydrogen) atoms. The molecule has 1 aliphatic carbocycles. The lowest BCUT2D eigenvalue weighted by atomic mass is 10.0. The normalized spacial score (nSPS) is 14.7. The van der Waals surface area contributed by atoms with E-state index in [-0.39, 0.29) is 23.7 Å². The second-order valence-electron chi connectivity index (χ2n) is 9.24.